The number of carbonyl (C=O) groups is 4. The average Bonchev–Trinajstić information content (AvgIpc) is 0.942. The molecule has 0 heterocycles. The lowest BCUT2D eigenvalue weighted by atomic mass is 10.0. The van der Waals surface area contributed by atoms with E-state index < -0.39 is 97.5 Å². The van der Waals surface area contributed by atoms with Gasteiger partial charge < -0.3 is 33.8 Å². The molecule has 0 bridgehead atoms. The molecule has 5 atom stereocenters. The van der Waals surface area contributed by atoms with Gasteiger partial charge in [-0.2, -0.15) is 0 Å². The van der Waals surface area contributed by atoms with Gasteiger partial charge in [0.2, 0.25) is 0 Å². The highest BCUT2D eigenvalue weighted by atomic mass is 31.2. The fourth-order valence-corrected chi connectivity index (χ4v) is 14.2. The highest BCUT2D eigenvalue weighted by Crippen LogP contribution is 2.45. The van der Waals surface area contributed by atoms with Gasteiger partial charge >= 0.3 is 39.5 Å². The summed E-state index contributed by atoms with van der Waals surface area (Å²) in [4.78, 5) is 73.0. The van der Waals surface area contributed by atoms with Gasteiger partial charge in [0.1, 0.15) is 19.3 Å². The maximum atomic E-state index is 13.1. The first-order chi connectivity index (χ1) is 48.7. The van der Waals surface area contributed by atoms with Crippen LogP contribution in [0, 0.1) is 17.8 Å². The third kappa shape index (κ3) is 76.1. The van der Waals surface area contributed by atoms with Crippen LogP contribution in [-0.2, 0) is 65.4 Å². The van der Waals surface area contributed by atoms with Gasteiger partial charge in [-0.25, -0.2) is 9.13 Å². The monoisotopic (exact) mass is 1480 g/mol. The van der Waals surface area contributed by atoms with Gasteiger partial charge in [-0.3, -0.25) is 37.3 Å². The Kier molecular flexibility index (Phi) is 70.9. The Bertz CT molecular complexity index is 1960. The van der Waals surface area contributed by atoms with Crippen molar-refractivity contribution < 1.29 is 80.2 Å². The minimum atomic E-state index is -4.96. The lowest BCUT2D eigenvalue weighted by molar-refractivity contribution is -0.161. The summed E-state index contributed by atoms with van der Waals surface area (Å²) in [6.45, 7) is 11.9. The van der Waals surface area contributed by atoms with Crippen molar-refractivity contribution in [1.29, 1.82) is 0 Å². The van der Waals surface area contributed by atoms with Crippen LogP contribution < -0.4 is 0 Å². The molecule has 0 aromatic heterocycles. The molecule has 0 saturated heterocycles. The van der Waals surface area contributed by atoms with Crippen molar-refractivity contribution in [2.45, 2.75) is 446 Å². The first-order valence-electron chi connectivity index (χ1n) is 42.3. The normalized spacial score (nSPS) is 14.0. The van der Waals surface area contributed by atoms with Crippen LogP contribution in [0.1, 0.15) is 427 Å². The van der Waals surface area contributed by atoms with Crippen molar-refractivity contribution in [1.82, 2.24) is 0 Å². The third-order valence-corrected chi connectivity index (χ3v) is 21.0. The molecule has 0 amide bonds. The van der Waals surface area contributed by atoms with Crippen LogP contribution >= 0.6 is 15.6 Å². The number of unbranched alkanes of at least 4 members (excludes halogenated alkanes) is 48. The maximum Gasteiger partial charge on any atom is 0.472 e. The zero-order chi connectivity index (χ0) is 74.4. The zero-order valence-electron chi connectivity index (χ0n) is 66.4. The molecule has 0 aromatic carbocycles. The van der Waals surface area contributed by atoms with Crippen LogP contribution in [0.3, 0.4) is 0 Å². The summed E-state index contributed by atoms with van der Waals surface area (Å²) in [6.07, 6.45) is 61.3. The van der Waals surface area contributed by atoms with Crippen LogP contribution in [0.4, 0.5) is 0 Å². The summed E-state index contributed by atoms with van der Waals surface area (Å²) in [7, 11) is -9.92. The van der Waals surface area contributed by atoms with E-state index in [-0.39, 0.29) is 25.7 Å². The fourth-order valence-electron chi connectivity index (χ4n) is 12.7. The van der Waals surface area contributed by atoms with Crippen molar-refractivity contribution in [2.75, 3.05) is 39.6 Å². The van der Waals surface area contributed by atoms with Crippen molar-refractivity contribution in [3.8, 4) is 0 Å². The van der Waals surface area contributed by atoms with Gasteiger partial charge in [0.15, 0.2) is 12.2 Å². The van der Waals surface area contributed by atoms with E-state index >= 15 is 0 Å². The molecule has 0 aliphatic rings. The number of rotatable bonds is 80. The van der Waals surface area contributed by atoms with E-state index in [0.29, 0.717) is 25.7 Å². The highest BCUT2D eigenvalue weighted by Gasteiger charge is 2.30. The molecular weight excluding hydrogens is 1320 g/mol. The molecule has 0 radical (unpaired) electrons. The van der Waals surface area contributed by atoms with Gasteiger partial charge in [-0.05, 0) is 43.4 Å². The van der Waals surface area contributed by atoms with Crippen molar-refractivity contribution >= 4 is 39.5 Å². The molecule has 2 unspecified atom stereocenters. The molecule has 0 saturated carbocycles. The maximum absolute atomic E-state index is 13.1. The number of phosphoric acid groups is 2. The standard InChI is InChI=1S/C82H160O17P2/c1-8-9-10-11-12-13-14-15-16-17-18-19-20-21-22-23-26-30-35-44-51-58-65-81(86)98-77(69-92-79(84)63-56-49-42-34-29-27-24-25-28-32-39-46-53-60-73(2)3)71-96-100(88,89)94-67-76(83)68-95-101(90,91)97-72-78(70-93-80(85)64-57-50-43-38-37-41-48-55-62-75(6)7)99-82(87)66-59-52-45-36-31-33-40-47-54-61-74(4)5/h73-78,83H,8-72H2,1-7H3,(H,88,89)(H,90,91)/t76-,77-,78-/m1/s1. The number of esters is 4. The first-order valence-corrected chi connectivity index (χ1v) is 45.3. The SMILES string of the molecule is CCCCCCCCCCCCCCCCCCCCCCCCC(=O)O[C@H](COC(=O)CCCCCCCCCCCCCCCC(C)C)COP(=O)(O)OC[C@@H](O)COP(=O)(O)OC[C@@H](COC(=O)CCCCCCCCCCC(C)C)OC(=O)CCCCCCCCCCCC(C)C. The Labute approximate surface area is 619 Å². The molecule has 101 heavy (non-hydrogen) atoms. The number of carbonyl (C=O) groups excluding carboxylic acids is 4. The van der Waals surface area contributed by atoms with E-state index in [0.717, 1.165) is 108 Å². The number of ether oxygens (including phenoxy) is 4. The predicted molar refractivity (Wildman–Crippen MR) is 414 cm³/mol. The Morgan fingerprint density at radius 2 is 0.455 bits per heavy atom. The number of hydrogen-bond donors (Lipinski definition) is 3. The van der Waals surface area contributed by atoms with Crippen molar-refractivity contribution in [2.24, 2.45) is 17.8 Å². The summed E-state index contributed by atoms with van der Waals surface area (Å²) in [5.41, 5.74) is 0. The summed E-state index contributed by atoms with van der Waals surface area (Å²) in [6, 6.07) is 0. The average molecular weight is 1480 g/mol. The van der Waals surface area contributed by atoms with Gasteiger partial charge in [-0.1, -0.05) is 376 Å². The Morgan fingerprint density at radius 1 is 0.267 bits per heavy atom. The second-order valence-corrected chi connectivity index (χ2v) is 33.8. The Hall–Kier alpha value is -1.94. The Balaban J connectivity index is 5.21. The third-order valence-electron chi connectivity index (χ3n) is 19.1. The smallest absolute Gasteiger partial charge is 0.462 e. The van der Waals surface area contributed by atoms with E-state index in [2.05, 4.69) is 48.5 Å². The van der Waals surface area contributed by atoms with Crippen molar-refractivity contribution in [3.05, 3.63) is 0 Å². The van der Waals surface area contributed by atoms with Crippen LogP contribution in [0.15, 0.2) is 0 Å². The molecule has 17 nitrogen and oxygen atoms in total. The molecule has 0 fully saturated rings. The molecule has 0 rings (SSSR count). The number of aliphatic hydroxyl groups excluding tert-OH is 1. The molecule has 0 spiro atoms. The number of phosphoric ester groups is 2. The number of hydrogen-bond acceptors (Lipinski definition) is 15. The summed E-state index contributed by atoms with van der Waals surface area (Å²) >= 11 is 0. The highest BCUT2D eigenvalue weighted by molar-refractivity contribution is 7.47. The van der Waals surface area contributed by atoms with Crippen LogP contribution in [0.2, 0.25) is 0 Å². The topological polar surface area (TPSA) is 237 Å². The summed E-state index contributed by atoms with van der Waals surface area (Å²) < 4.78 is 68.7. The lowest BCUT2D eigenvalue weighted by Crippen LogP contribution is -2.30. The number of aliphatic hydroxyl groups is 1. The van der Waals surface area contributed by atoms with E-state index in [9.17, 15) is 43.2 Å². The predicted octanol–water partition coefficient (Wildman–Crippen LogP) is 24.5. The van der Waals surface area contributed by atoms with Gasteiger partial charge in [-0.15, -0.1) is 0 Å². The second kappa shape index (κ2) is 72.3. The molecule has 0 aromatic rings. The first kappa shape index (κ1) is 99.1. The van der Waals surface area contributed by atoms with E-state index in [1.807, 2.05) is 0 Å². The Morgan fingerprint density at radius 3 is 0.673 bits per heavy atom. The summed E-state index contributed by atoms with van der Waals surface area (Å²) in [5, 5.41) is 10.6. The van der Waals surface area contributed by atoms with Crippen LogP contribution in [-0.4, -0.2) is 96.7 Å². The fraction of sp³-hybridized carbons (Fsp3) is 0.951. The quantitative estimate of drug-likeness (QED) is 0.0222. The van der Waals surface area contributed by atoms with E-state index in [1.54, 1.807) is 0 Å². The molecule has 3 N–H and O–H groups in total. The summed E-state index contributed by atoms with van der Waals surface area (Å²) in [5.74, 6) is 0.141. The van der Waals surface area contributed by atoms with Crippen LogP contribution in [0.25, 0.3) is 0 Å². The van der Waals surface area contributed by atoms with Crippen molar-refractivity contribution in [3.63, 3.8) is 0 Å². The lowest BCUT2D eigenvalue weighted by Gasteiger charge is -2.21. The minimum Gasteiger partial charge on any atom is -0.462 e. The molecule has 19 heteroatoms. The molecule has 0 aliphatic heterocycles. The zero-order valence-corrected chi connectivity index (χ0v) is 68.2. The second-order valence-electron chi connectivity index (χ2n) is 30.9. The van der Waals surface area contributed by atoms with E-state index in [4.69, 9.17) is 37.0 Å². The molecule has 600 valence electrons. The largest absolute Gasteiger partial charge is 0.472 e. The van der Waals surface area contributed by atoms with E-state index in [1.165, 1.54) is 238 Å². The van der Waals surface area contributed by atoms with Crippen LogP contribution in [0.5, 0.6) is 0 Å². The minimum absolute atomic E-state index is 0.105. The molecular formula is C82H160O17P2. The van der Waals surface area contributed by atoms with Gasteiger partial charge in [0, 0.05) is 25.7 Å². The molecule has 0 aliphatic carbocycles. The van der Waals surface area contributed by atoms with Gasteiger partial charge in [0.05, 0.1) is 26.4 Å². The van der Waals surface area contributed by atoms with Gasteiger partial charge in [0.25, 0.3) is 0 Å².